The van der Waals surface area contributed by atoms with Crippen molar-refractivity contribution in [1.29, 1.82) is 0 Å². The molecule has 514 valence electrons. The Bertz CT molecular complexity index is 2920. The number of nitrogens with zero attached hydrogens (tertiary/aromatic N) is 17. The van der Waals surface area contributed by atoms with Gasteiger partial charge in [0.2, 0.25) is 5.13 Å². The first-order chi connectivity index (χ1) is 43.8. The first-order valence-corrected chi connectivity index (χ1v) is 38.4. The van der Waals surface area contributed by atoms with E-state index in [1.54, 1.807) is 86.0 Å². The van der Waals surface area contributed by atoms with Gasteiger partial charge in [0.05, 0.1) is 39.5 Å². The van der Waals surface area contributed by atoms with E-state index in [1.165, 1.54) is 77.1 Å². The summed E-state index contributed by atoms with van der Waals surface area (Å²) in [6.07, 6.45) is 8.75. The maximum absolute atomic E-state index is 5.36. The summed E-state index contributed by atoms with van der Waals surface area (Å²) in [7, 11) is 1.91. The highest BCUT2D eigenvalue weighted by Gasteiger charge is 2.08. The van der Waals surface area contributed by atoms with Crippen LogP contribution < -0.4 is 5.73 Å². The molecule has 11 aromatic heterocycles. The zero-order valence-corrected chi connectivity index (χ0v) is 67.0. The molecule has 0 aliphatic carbocycles. The van der Waals surface area contributed by atoms with Crippen molar-refractivity contribution in [3.63, 3.8) is 0 Å². The molecule has 0 aromatic carbocycles. The molecule has 0 aliphatic rings. The molecule has 0 fully saturated rings. The molecule has 0 aliphatic heterocycles. The molecule has 0 saturated heterocycles. The maximum atomic E-state index is 5.36. The van der Waals surface area contributed by atoms with Crippen LogP contribution in [-0.4, -0.2) is 82.3 Å². The van der Waals surface area contributed by atoms with Crippen LogP contribution >= 0.6 is 103 Å². The number of nitrogen functional groups attached to an aromatic ring is 1. The second-order valence-corrected chi connectivity index (χ2v) is 31.9. The fourth-order valence-electron chi connectivity index (χ4n) is 6.09. The second-order valence-electron chi connectivity index (χ2n) is 24.0. The molecule has 0 atom stereocenters. The fraction of sp³-hybridized carbons (Fsp3) is 0.569. The molecular weight excluding hydrogens is 1340 g/mol. The normalized spacial score (nSPS) is 10.5. The third-order valence-corrected chi connectivity index (χ3v) is 20.3. The van der Waals surface area contributed by atoms with Gasteiger partial charge in [-0.05, 0) is 120 Å². The van der Waals surface area contributed by atoms with Gasteiger partial charge in [-0.2, -0.15) is 17.5 Å². The van der Waals surface area contributed by atoms with E-state index in [9.17, 15) is 0 Å². The van der Waals surface area contributed by atoms with Gasteiger partial charge in [-0.15, -0.1) is 59.5 Å². The van der Waals surface area contributed by atoms with Gasteiger partial charge in [0.25, 0.3) is 0 Å². The SMILES string of the molecule is CC(C)c1ccno1.CC(C)c1ccns1.CC(C)c1ccsn1.CC(C)c1cnnn1C.CC(C)c1nccs1.CC(C)c1ncns1.CC(C)c1ncsn1.CC(C)c1nnc(N)s1.Cc1cc(C(C)C)sn1.Cc1csc(C(C)C)n1.Cc1nnc(C(C)C)s1. The molecule has 0 saturated carbocycles. The number of nitrogens with two attached hydrogens (primary N) is 1. The summed E-state index contributed by atoms with van der Waals surface area (Å²) in [5.41, 5.74) is 11.8. The van der Waals surface area contributed by atoms with Crippen LogP contribution in [0, 0.1) is 20.8 Å². The minimum atomic E-state index is 0.444. The van der Waals surface area contributed by atoms with Gasteiger partial charge in [0.1, 0.15) is 43.5 Å². The number of aryl methyl sites for hydroxylation is 4. The standard InChI is InChI=1S/2C7H11NS.C6H11N3.C6H10N2S.C6H9NO.3C6H9NS.C5H9N3S.2C5H8N2S/c1-5(2)7-8-6(3)4-9-7;1-5(2)7-4-6(3)8-9-7;1-5(2)6-4-7-8-9(6)3;1-4(2)6-8-7-5(3)9-6;1-5(2)6-3-4-7-8-6;1-5(2)6-7-3-4-8-6;1-5(2)6-3-4-8-7-6;1-5(2)6-3-4-7-8-6;1-3(2)4-7-8-5(6)9-4;1-4(2)5-6-3-8-7-5;1-4(2)5-6-3-7-8-5/h3*4-5H,1-3H3;4H,1-3H3;4*3-5H,1-2H3;3H,1-2H3,(H2,6,8);2*3-4H,1-2H3. The van der Waals surface area contributed by atoms with Crippen molar-refractivity contribution in [3.05, 3.63) is 151 Å². The van der Waals surface area contributed by atoms with Gasteiger partial charge in [0.15, 0.2) is 0 Å². The zero-order valence-electron chi connectivity index (χ0n) is 59.6. The lowest BCUT2D eigenvalue weighted by Gasteiger charge is -2.01. The van der Waals surface area contributed by atoms with Crippen LogP contribution in [0.2, 0.25) is 0 Å². The van der Waals surface area contributed by atoms with Crippen molar-refractivity contribution in [2.24, 2.45) is 7.05 Å². The number of thiazole rings is 2. The van der Waals surface area contributed by atoms with Crippen LogP contribution in [0.25, 0.3) is 0 Å². The van der Waals surface area contributed by atoms with Gasteiger partial charge in [-0.1, -0.05) is 174 Å². The molecule has 28 heteroatoms. The van der Waals surface area contributed by atoms with Gasteiger partial charge < -0.3 is 10.3 Å². The second kappa shape index (κ2) is 48.3. The van der Waals surface area contributed by atoms with Gasteiger partial charge in [0, 0.05) is 98.5 Å². The molecule has 93 heavy (non-hydrogen) atoms. The average molecular weight is 1440 g/mol. The van der Waals surface area contributed by atoms with Crippen molar-refractivity contribution in [2.75, 3.05) is 5.73 Å². The maximum Gasteiger partial charge on any atom is 0.203 e. The Labute approximate surface area is 592 Å². The van der Waals surface area contributed by atoms with Crippen molar-refractivity contribution >= 4 is 108 Å². The van der Waals surface area contributed by atoms with Gasteiger partial charge in [-0.25, -0.2) is 24.3 Å². The van der Waals surface area contributed by atoms with Crippen LogP contribution in [0.4, 0.5) is 5.13 Å². The summed E-state index contributed by atoms with van der Waals surface area (Å²) >= 11 is 14.2. The largest absolute Gasteiger partial charge is 0.374 e. The number of hydrogen-bond donors (Lipinski definition) is 1. The fourth-order valence-corrected chi connectivity index (χ4v) is 11.9. The molecule has 11 heterocycles. The number of rotatable bonds is 11. The summed E-state index contributed by atoms with van der Waals surface area (Å²) in [5, 5.41) is 40.0. The topological polar surface area (TPSA) is 250 Å². The van der Waals surface area contributed by atoms with E-state index in [0.29, 0.717) is 70.2 Å². The molecule has 0 bridgehead atoms. The van der Waals surface area contributed by atoms with E-state index < -0.39 is 0 Å². The highest BCUT2D eigenvalue weighted by atomic mass is 32.1. The Kier molecular flexibility index (Phi) is 44.4. The van der Waals surface area contributed by atoms with Gasteiger partial charge in [-0.3, -0.25) is 4.68 Å². The average Bonchev–Trinajstić information content (AvgIpc) is 2.85. The van der Waals surface area contributed by atoms with Gasteiger partial charge >= 0.3 is 0 Å². The lowest BCUT2D eigenvalue weighted by atomic mass is 10.1. The first kappa shape index (κ1) is 85.6. The summed E-state index contributed by atoms with van der Waals surface area (Å²) in [6.45, 7) is 52.9. The van der Waals surface area contributed by atoms with E-state index >= 15 is 0 Å². The molecular formula is C65H104N18OS9. The smallest absolute Gasteiger partial charge is 0.203 e. The Morgan fingerprint density at radius 2 is 1.12 bits per heavy atom. The molecule has 19 nitrogen and oxygen atoms in total. The van der Waals surface area contributed by atoms with E-state index in [-0.39, 0.29) is 0 Å². The molecule has 11 aromatic rings. The monoisotopic (exact) mass is 1440 g/mol. The Hall–Kier alpha value is -5.46. The van der Waals surface area contributed by atoms with Crippen LogP contribution in [0.1, 0.15) is 292 Å². The quantitative estimate of drug-likeness (QED) is 0.126. The molecule has 2 N–H and O–H groups in total. The third-order valence-electron chi connectivity index (χ3n) is 11.5. The molecule has 0 spiro atoms. The first-order valence-electron chi connectivity index (χ1n) is 31.1. The Morgan fingerprint density at radius 3 is 1.35 bits per heavy atom. The van der Waals surface area contributed by atoms with Crippen molar-refractivity contribution in [1.82, 2.24) is 82.3 Å². The predicted octanol–water partition coefficient (Wildman–Crippen LogP) is 21.2. The van der Waals surface area contributed by atoms with Crippen molar-refractivity contribution in [2.45, 2.75) is 238 Å². The lowest BCUT2D eigenvalue weighted by molar-refractivity contribution is 0.371. The number of anilines is 1. The Morgan fingerprint density at radius 1 is 0.484 bits per heavy atom. The molecule has 0 radical (unpaired) electrons. The summed E-state index contributed by atoms with van der Waals surface area (Å²) in [6, 6.07) is 8.16. The van der Waals surface area contributed by atoms with E-state index in [2.05, 4.69) is 254 Å². The summed E-state index contributed by atoms with van der Waals surface area (Å²) < 4.78 is 26.9. The van der Waals surface area contributed by atoms with Crippen molar-refractivity contribution in [3.8, 4) is 0 Å². The van der Waals surface area contributed by atoms with Crippen LogP contribution in [0.5, 0.6) is 0 Å². The van der Waals surface area contributed by atoms with Crippen LogP contribution in [0.15, 0.2) is 81.6 Å². The number of aromatic nitrogens is 17. The van der Waals surface area contributed by atoms with Crippen LogP contribution in [0.3, 0.4) is 0 Å². The molecule has 11 rings (SSSR count). The predicted molar refractivity (Wildman–Crippen MR) is 401 cm³/mol. The minimum absolute atomic E-state index is 0.444. The minimum Gasteiger partial charge on any atom is -0.374 e. The van der Waals surface area contributed by atoms with E-state index in [1.807, 2.05) is 57.0 Å². The van der Waals surface area contributed by atoms with Crippen molar-refractivity contribution < 1.29 is 4.52 Å². The van der Waals surface area contributed by atoms with E-state index in [4.69, 9.17) is 10.3 Å². The summed E-state index contributed by atoms with van der Waals surface area (Å²) in [4.78, 5) is 19.3. The van der Waals surface area contributed by atoms with E-state index in [0.717, 1.165) is 43.0 Å². The lowest BCUT2D eigenvalue weighted by Crippen LogP contribution is -1.99. The highest BCUT2D eigenvalue weighted by molar-refractivity contribution is 7.15. The molecule has 0 unspecified atom stereocenters. The zero-order chi connectivity index (χ0) is 70.2. The highest BCUT2D eigenvalue weighted by Crippen LogP contribution is 2.23. The Balaban J connectivity index is 0.000000512. The molecule has 0 amide bonds. The van der Waals surface area contributed by atoms with Crippen LogP contribution in [-0.2, 0) is 7.05 Å². The number of hydrogen-bond acceptors (Lipinski definition) is 27. The third kappa shape index (κ3) is 38.6. The summed E-state index contributed by atoms with van der Waals surface area (Å²) in [5.74, 6) is 7.89.